The van der Waals surface area contributed by atoms with Crippen LogP contribution >= 0.6 is 0 Å². The average molecular weight is 337 g/mol. The Hall–Kier alpha value is -2.73. The Morgan fingerprint density at radius 2 is 1.80 bits per heavy atom. The first kappa shape index (κ1) is 15.8. The van der Waals surface area contributed by atoms with E-state index in [0.717, 1.165) is 12.2 Å². The van der Waals surface area contributed by atoms with Gasteiger partial charge in [-0.1, -0.05) is 12.1 Å². The molecule has 0 spiro atoms. The van der Waals surface area contributed by atoms with Gasteiger partial charge in [-0.3, -0.25) is 19.5 Å². The summed E-state index contributed by atoms with van der Waals surface area (Å²) in [5.41, 5.74) is 1.88. The number of carbonyl (C=O) groups is 2. The Morgan fingerprint density at radius 1 is 1.08 bits per heavy atom. The van der Waals surface area contributed by atoms with Crippen LogP contribution in [0.1, 0.15) is 27.1 Å². The molecule has 6 nitrogen and oxygen atoms in total. The molecule has 0 bridgehead atoms. The predicted molar refractivity (Wildman–Crippen MR) is 92.4 cm³/mol. The molecule has 2 amide bonds. The van der Waals surface area contributed by atoms with Gasteiger partial charge in [0.25, 0.3) is 11.8 Å². The summed E-state index contributed by atoms with van der Waals surface area (Å²) in [6, 6.07) is 10.7. The van der Waals surface area contributed by atoms with Gasteiger partial charge in [-0.15, -0.1) is 0 Å². The molecule has 0 radical (unpaired) electrons. The molecular weight excluding hydrogens is 318 g/mol. The van der Waals surface area contributed by atoms with E-state index in [0.29, 0.717) is 24.1 Å². The standard InChI is InChI=1S/C19H19N3O3/c23-17-12-21(14-4-3-8-20-10-14)9-7-13(17)11-22-18(24)15-5-1-2-6-16(15)19(22)25/h1-6,8,10,13,17,23H,7,9,11-12H2. The number of imide groups is 1. The molecule has 2 atom stereocenters. The first-order valence-electron chi connectivity index (χ1n) is 8.43. The van der Waals surface area contributed by atoms with Gasteiger partial charge in [0.2, 0.25) is 0 Å². The van der Waals surface area contributed by atoms with Crippen molar-refractivity contribution in [1.82, 2.24) is 9.88 Å². The summed E-state index contributed by atoms with van der Waals surface area (Å²) in [4.78, 5) is 32.4. The number of nitrogens with zero attached hydrogens (tertiary/aromatic N) is 3. The molecule has 2 aliphatic heterocycles. The maximum Gasteiger partial charge on any atom is 0.261 e. The molecule has 25 heavy (non-hydrogen) atoms. The highest BCUT2D eigenvalue weighted by atomic mass is 16.3. The summed E-state index contributed by atoms with van der Waals surface area (Å²) < 4.78 is 0. The Kier molecular flexibility index (Phi) is 3.97. The zero-order valence-electron chi connectivity index (χ0n) is 13.7. The van der Waals surface area contributed by atoms with Gasteiger partial charge in [-0.05, 0) is 30.7 Å². The summed E-state index contributed by atoms with van der Waals surface area (Å²) in [5.74, 6) is -0.639. The number of pyridine rings is 1. The van der Waals surface area contributed by atoms with Crippen LogP contribution in [0.15, 0.2) is 48.8 Å². The number of β-amino-alcohol motifs (C(OH)–C–C–N with tert-alkyl or cyclic N) is 1. The lowest BCUT2D eigenvalue weighted by atomic mass is 9.93. The summed E-state index contributed by atoms with van der Waals surface area (Å²) in [6.07, 6.45) is 3.61. The summed E-state index contributed by atoms with van der Waals surface area (Å²) in [7, 11) is 0. The largest absolute Gasteiger partial charge is 0.391 e. The number of aromatic nitrogens is 1. The highest BCUT2D eigenvalue weighted by Gasteiger charge is 2.38. The zero-order valence-corrected chi connectivity index (χ0v) is 13.7. The summed E-state index contributed by atoms with van der Waals surface area (Å²) in [6.45, 7) is 1.49. The first-order valence-corrected chi connectivity index (χ1v) is 8.43. The molecule has 2 unspecified atom stereocenters. The van der Waals surface area contributed by atoms with Crippen molar-refractivity contribution in [3.8, 4) is 0 Å². The maximum absolute atomic E-state index is 12.5. The van der Waals surface area contributed by atoms with Crippen molar-refractivity contribution in [2.45, 2.75) is 12.5 Å². The van der Waals surface area contributed by atoms with E-state index in [1.807, 2.05) is 12.1 Å². The lowest BCUT2D eigenvalue weighted by molar-refractivity contribution is 0.0474. The van der Waals surface area contributed by atoms with E-state index in [9.17, 15) is 14.7 Å². The third-order valence-corrected chi connectivity index (χ3v) is 5.03. The van der Waals surface area contributed by atoms with Crippen LogP contribution < -0.4 is 4.90 Å². The molecule has 128 valence electrons. The minimum atomic E-state index is -0.599. The van der Waals surface area contributed by atoms with Crippen molar-refractivity contribution in [3.05, 3.63) is 59.9 Å². The minimum absolute atomic E-state index is 0.116. The second-order valence-electron chi connectivity index (χ2n) is 6.54. The van der Waals surface area contributed by atoms with Crippen molar-refractivity contribution >= 4 is 17.5 Å². The molecule has 1 aromatic carbocycles. The number of piperidine rings is 1. The van der Waals surface area contributed by atoms with E-state index in [1.165, 1.54) is 4.90 Å². The quantitative estimate of drug-likeness (QED) is 0.861. The topological polar surface area (TPSA) is 73.7 Å². The summed E-state index contributed by atoms with van der Waals surface area (Å²) in [5, 5.41) is 10.5. The maximum atomic E-state index is 12.5. The first-order chi connectivity index (χ1) is 12.1. The number of aliphatic hydroxyl groups excluding tert-OH is 1. The van der Waals surface area contributed by atoms with E-state index < -0.39 is 6.10 Å². The number of benzene rings is 1. The Morgan fingerprint density at radius 3 is 2.40 bits per heavy atom. The molecule has 4 rings (SSSR count). The number of hydrogen-bond donors (Lipinski definition) is 1. The number of amides is 2. The lowest BCUT2D eigenvalue weighted by Gasteiger charge is -2.38. The van der Waals surface area contributed by atoms with Crippen molar-refractivity contribution in [3.63, 3.8) is 0 Å². The molecule has 1 saturated heterocycles. The predicted octanol–water partition coefficient (Wildman–Crippen LogP) is 1.56. The van der Waals surface area contributed by atoms with Crippen LogP contribution in [-0.4, -0.2) is 52.5 Å². The van der Waals surface area contributed by atoms with E-state index in [2.05, 4.69) is 9.88 Å². The van der Waals surface area contributed by atoms with Crippen molar-refractivity contribution in [1.29, 1.82) is 0 Å². The van der Waals surface area contributed by atoms with E-state index in [1.54, 1.807) is 36.7 Å². The van der Waals surface area contributed by atoms with Gasteiger partial charge in [0.1, 0.15) is 0 Å². The number of hydrogen-bond acceptors (Lipinski definition) is 5. The SMILES string of the molecule is O=C1c2ccccc2C(=O)N1CC1CCN(c2cccnc2)CC1O. The van der Waals surface area contributed by atoms with Gasteiger partial charge in [0.15, 0.2) is 0 Å². The minimum Gasteiger partial charge on any atom is -0.391 e. The highest BCUT2D eigenvalue weighted by Crippen LogP contribution is 2.28. The molecule has 6 heteroatoms. The Labute approximate surface area is 145 Å². The Bertz CT molecular complexity index is 774. The Balaban J connectivity index is 1.45. The van der Waals surface area contributed by atoms with Crippen LogP contribution in [0, 0.1) is 5.92 Å². The zero-order chi connectivity index (χ0) is 17.4. The van der Waals surface area contributed by atoms with Gasteiger partial charge < -0.3 is 10.0 Å². The lowest BCUT2D eigenvalue weighted by Crippen LogP contribution is -2.48. The van der Waals surface area contributed by atoms with Crippen LogP contribution in [0.4, 0.5) is 5.69 Å². The number of rotatable bonds is 3. The molecule has 2 aliphatic rings. The van der Waals surface area contributed by atoms with E-state index >= 15 is 0 Å². The molecule has 2 aromatic rings. The third-order valence-electron chi connectivity index (χ3n) is 5.03. The molecule has 0 aliphatic carbocycles. The number of aliphatic hydroxyl groups is 1. The normalized spacial score (nSPS) is 23.1. The van der Waals surface area contributed by atoms with Crippen LogP contribution in [-0.2, 0) is 0 Å². The molecule has 1 fully saturated rings. The second-order valence-corrected chi connectivity index (χ2v) is 6.54. The van der Waals surface area contributed by atoms with E-state index in [-0.39, 0.29) is 24.3 Å². The fraction of sp³-hybridized carbons (Fsp3) is 0.316. The van der Waals surface area contributed by atoms with Crippen molar-refractivity contribution in [2.75, 3.05) is 24.5 Å². The van der Waals surface area contributed by atoms with E-state index in [4.69, 9.17) is 0 Å². The third kappa shape index (κ3) is 2.78. The smallest absolute Gasteiger partial charge is 0.261 e. The van der Waals surface area contributed by atoms with Gasteiger partial charge in [-0.2, -0.15) is 0 Å². The van der Waals surface area contributed by atoms with Gasteiger partial charge in [0.05, 0.1) is 29.1 Å². The van der Waals surface area contributed by atoms with Crippen molar-refractivity contribution in [2.24, 2.45) is 5.92 Å². The van der Waals surface area contributed by atoms with Crippen LogP contribution in [0.25, 0.3) is 0 Å². The van der Waals surface area contributed by atoms with Crippen molar-refractivity contribution < 1.29 is 14.7 Å². The monoisotopic (exact) mass is 337 g/mol. The van der Waals surface area contributed by atoms with Gasteiger partial charge >= 0.3 is 0 Å². The highest BCUT2D eigenvalue weighted by molar-refractivity contribution is 6.21. The molecule has 1 aromatic heterocycles. The fourth-order valence-electron chi connectivity index (χ4n) is 3.61. The van der Waals surface area contributed by atoms with Crippen LogP contribution in [0.2, 0.25) is 0 Å². The number of fused-ring (bicyclic) bond motifs is 1. The number of carbonyl (C=O) groups excluding carboxylic acids is 2. The van der Waals surface area contributed by atoms with Gasteiger partial charge in [0, 0.05) is 31.7 Å². The fourth-order valence-corrected chi connectivity index (χ4v) is 3.61. The molecule has 0 saturated carbocycles. The molecule has 1 N–H and O–H groups in total. The van der Waals surface area contributed by atoms with Gasteiger partial charge in [-0.25, -0.2) is 0 Å². The summed E-state index contributed by atoms with van der Waals surface area (Å²) >= 11 is 0. The average Bonchev–Trinajstić information content (AvgIpc) is 2.89. The number of anilines is 1. The van der Waals surface area contributed by atoms with Crippen LogP contribution in [0.3, 0.4) is 0 Å². The molecular formula is C19H19N3O3. The molecule has 3 heterocycles. The second kappa shape index (κ2) is 6.29. The van der Waals surface area contributed by atoms with Crippen LogP contribution in [0.5, 0.6) is 0 Å².